The van der Waals surface area contributed by atoms with E-state index in [0.29, 0.717) is 24.2 Å². The first-order chi connectivity index (χ1) is 11.6. The van der Waals surface area contributed by atoms with Crippen molar-refractivity contribution in [3.8, 4) is 0 Å². The molecule has 0 fully saturated rings. The third-order valence-electron chi connectivity index (χ3n) is 4.13. The van der Waals surface area contributed by atoms with Crippen LogP contribution in [0.3, 0.4) is 0 Å². The Labute approximate surface area is 140 Å². The van der Waals surface area contributed by atoms with Crippen molar-refractivity contribution in [3.63, 3.8) is 0 Å². The van der Waals surface area contributed by atoms with Crippen molar-refractivity contribution >= 4 is 16.8 Å². The van der Waals surface area contributed by atoms with Crippen LogP contribution in [-0.2, 0) is 6.54 Å². The normalized spacial score (nSPS) is 10.8. The Bertz CT molecular complexity index is 929. The number of pyridine rings is 1. The van der Waals surface area contributed by atoms with Crippen molar-refractivity contribution in [1.29, 1.82) is 0 Å². The smallest absolute Gasteiger partial charge is 0.254 e. The Morgan fingerprint density at radius 1 is 1.08 bits per heavy atom. The molecular formula is C20H20N2O2. The van der Waals surface area contributed by atoms with E-state index in [-0.39, 0.29) is 11.5 Å². The van der Waals surface area contributed by atoms with Crippen LogP contribution in [0.1, 0.15) is 28.4 Å². The molecule has 0 aliphatic carbocycles. The molecule has 122 valence electrons. The van der Waals surface area contributed by atoms with Gasteiger partial charge in [0.25, 0.3) is 11.5 Å². The largest absolute Gasteiger partial charge is 0.334 e. The molecule has 0 saturated carbocycles. The van der Waals surface area contributed by atoms with Gasteiger partial charge >= 0.3 is 0 Å². The van der Waals surface area contributed by atoms with Crippen LogP contribution in [0, 0.1) is 6.92 Å². The van der Waals surface area contributed by atoms with E-state index in [1.165, 1.54) is 0 Å². The molecule has 1 aromatic heterocycles. The monoisotopic (exact) mass is 320 g/mol. The van der Waals surface area contributed by atoms with Crippen molar-refractivity contribution in [3.05, 3.63) is 81.6 Å². The highest BCUT2D eigenvalue weighted by Gasteiger charge is 2.16. The minimum atomic E-state index is -0.148. The van der Waals surface area contributed by atoms with Crippen LogP contribution in [0.25, 0.3) is 10.9 Å². The van der Waals surface area contributed by atoms with E-state index in [9.17, 15) is 9.59 Å². The van der Waals surface area contributed by atoms with Crippen LogP contribution in [0.4, 0.5) is 0 Å². The second-order valence-corrected chi connectivity index (χ2v) is 5.90. The van der Waals surface area contributed by atoms with Gasteiger partial charge < -0.3 is 9.88 Å². The second-order valence-electron chi connectivity index (χ2n) is 5.90. The molecule has 3 rings (SSSR count). The molecule has 0 aliphatic heterocycles. The number of rotatable bonds is 4. The number of carbonyl (C=O) groups is 1. The Kier molecular flexibility index (Phi) is 4.47. The van der Waals surface area contributed by atoms with Gasteiger partial charge in [-0.25, -0.2) is 0 Å². The maximum atomic E-state index is 12.6. The summed E-state index contributed by atoms with van der Waals surface area (Å²) in [6.07, 6.45) is 0. The number of hydrogen-bond donors (Lipinski definition) is 1. The Morgan fingerprint density at radius 3 is 2.54 bits per heavy atom. The Balaban J connectivity index is 1.93. The molecule has 0 atom stereocenters. The van der Waals surface area contributed by atoms with Gasteiger partial charge in [0.2, 0.25) is 0 Å². The zero-order chi connectivity index (χ0) is 17.1. The average molecular weight is 320 g/mol. The van der Waals surface area contributed by atoms with E-state index >= 15 is 0 Å². The van der Waals surface area contributed by atoms with Crippen molar-refractivity contribution in [1.82, 2.24) is 9.88 Å². The fourth-order valence-electron chi connectivity index (χ4n) is 2.78. The lowest BCUT2D eigenvalue weighted by atomic mass is 10.1. The first-order valence-electron chi connectivity index (χ1n) is 8.05. The molecule has 0 saturated heterocycles. The predicted molar refractivity (Wildman–Crippen MR) is 96.2 cm³/mol. The lowest BCUT2D eigenvalue weighted by molar-refractivity contribution is 0.0752. The maximum absolute atomic E-state index is 12.6. The van der Waals surface area contributed by atoms with Crippen LogP contribution >= 0.6 is 0 Å². The van der Waals surface area contributed by atoms with E-state index in [2.05, 4.69) is 4.98 Å². The van der Waals surface area contributed by atoms with Crippen LogP contribution < -0.4 is 5.56 Å². The second kappa shape index (κ2) is 6.71. The first-order valence-corrected chi connectivity index (χ1v) is 8.05. The van der Waals surface area contributed by atoms with Crippen LogP contribution in [0.5, 0.6) is 0 Å². The first kappa shape index (κ1) is 16.0. The number of fused-ring (bicyclic) bond motifs is 1. The lowest BCUT2D eigenvalue weighted by Gasteiger charge is -2.21. The highest BCUT2D eigenvalue weighted by Crippen LogP contribution is 2.15. The summed E-state index contributed by atoms with van der Waals surface area (Å²) in [5.41, 5.74) is 3.03. The summed E-state index contributed by atoms with van der Waals surface area (Å²) >= 11 is 0. The Morgan fingerprint density at radius 2 is 1.83 bits per heavy atom. The third-order valence-corrected chi connectivity index (χ3v) is 4.13. The molecular weight excluding hydrogens is 300 g/mol. The molecule has 0 bridgehead atoms. The van der Waals surface area contributed by atoms with E-state index in [4.69, 9.17) is 0 Å². The number of H-pyrrole nitrogens is 1. The molecule has 1 heterocycles. The molecule has 1 N–H and O–H groups in total. The van der Waals surface area contributed by atoms with Gasteiger partial charge in [0.05, 0.1) is 6.54 Å². The zero-order valence-corrected chi connectivity index (χ0v) is 13.9. The number of amides is 1. The SMILES string of the molecule is CCN(Cc1cc2cc(C)ccc2[nH]c1=O)C(=O)c1ccccc1. The fraction of sp³-hybridized carbons (Fsp3) is 0.200. The number of nitrogens with one attached hydrogen (secondary N) is 1. The van der Waals surface area contributed by atoms with Gasteiger partial charge in [-0.2, -0.15) is 0 Å². The van der Waals surface area contributed by atoms with Gasteiger partial charge in [0.1, 0.15) is 0 Å². The summed E-state index contributed by atoms with van der Waals surface area (Å²) < 4.78 is 0. The van der Waals surface area contributed by atoms with Gasteiger partial charge in [-0.1, -0.05) is 29.8 Å². The van der Waals surface area contributed by atoms with Crippen LogP contribution in [0.2, 0.25) is 0 Å². The summed E-state index contributed by atoms with van der Waals surface area (Å²) in [7, 11) is 0. The minimum Gasteiger partial charge on any atom is -0.334 e. The minimum absolute atomic E-state index is 0.0677. The quantitative estimate of drug-likeness (QED) is 0.800. The third kappa shape index (κ3) is 3.23. The molecule has 2 aromatic carbocycles. The number of benzene rings is 2. The molecule has 0 radical (unpaired) electrons. The molecule has 24 heavy (non-hydrogen) atoms. The number of carbonyl (C=O) groups excluding carboxylic acids is 1. The Hall–Kier alpha value is -2.88. The number of aryl methyl sites for hydroxylation is 1. The van der Waals surface area contributed by atoms with E-state index < -0.39 is 0 Å². The summed E-state index contributed by atoms with van der Waals surface area (Å²) in [5, 5.41) is 0.979. The molecule has 0 aliphatic rings. The molecule has 4 heteroatoms. The van der Waals surface area contributed by atoms with Crippen molar-refractivity contribution in [2.45, 2.75) is 20.4 Å². The highest BCUT2D eigenvalue weighted by molar-refractivity contribution is 5.94. The summed E-state index contributed by atoms with van der Waals surface area (Å²) in [5.74, 6) is -0.0677. The molecule has 4 nitrogen and oxygen atoms in total. The van der Waals surface area contributed by atoms with Crippen molar-refractivity contribution < 1.29 is 4.79 Å². The lowest BCUT2D eigenvalue weighted by Crippen LogP contribution is -2.32. The predicted octanol–water partition coefficient (Wildman–Crippen LogP) is 3.50. The van der Waals surface area contributed by atoms with E-state index in [1.54, 1.807) is 17.0 Å². The van der Waals surface area contributed by atoms with Gasteiger partial charge in [-0.15, -0.1) is 0 Å². The number of hydrogen-bond acceptors (Lipinski definition) is 2. The molecule has 0 unspecified atom stereocenters. The summed E-state index contributed by atoms with van der Waals surface area (Å²) in [4.78, 5) is 29.5. The number of nitrogens with zero attached hydrogens (tertiary/aromatic N) is 1. The van der Waals surface area contributed by atoms with Gasteiger partial charge in [0, 0.05) is 23.2 Å². The maximum Gasteiger partial charge on any atom is 0.254 e. The average Bonchev–Trinajstić information content (AvgIpc) is 2.60. The number of aromatic nitrogens is 1. The molecule has 3 aromatic rings. The molecule has 1 amide bonds. The zero-order valence-electron chi connectivity index (χ0n) is 13.9. The van der Waals surface area contributed by atoms with Crippen molar-refractivity contribution in [2.24, 2.45) is 0 Å². The topological polar surface area (TPSA) is 53.2 Å². The van der Waals surface area contributed by atoms with Crippen LogP contribution in [-0.4, -0.2) is 22.3 Å². The number of aromatic amines is 1. The van der Waals surface area contributed by atoms with Gasteiger partial charge in [-0.3, -0.25) is 9.59 Å². The van der Waals surface area contributed by atoms with Crippen molar-refractivity contribution in [2.75, 3.05) is 6.54 Å². The highest BCUT2D eigenvalue weighted by atomic mass is 16.2. The van der Waals surface area contributed by atoms with E-state index in [1.807, 2.05) is 56.3 Å². The fourth-order valence-corrected chi connectivity index (χ4v) is 2.78. The van der Waals surface area contributed by atoms with E-state index in [0.717, 1.165) is 16.5 Å². The summed E-state index contributed by atoms with van der Waals surface area (Å²) in [6, 6.07) is 16.9. The standard InChI is InChI=1S/C20H20N2O2/c1-3-22(20(24)15-7-5-4-6-8-15)13-17-12-16-11-14(2)9-10-18(16)21-19(17)23/h4-12H,3,13H2,1-2H3,(H,21,23). The van der Waals surface area contributed by atoms with Crippen LogP contribution in [0.15, 0.2) is 59.4 Å². The molecule has 0 spiro atoms. The summed E-state index contributed by atoms with van der Waals surface area (Å²) in [6.45, 7) is 4.77. The van der Waals surface area contributed by atoms with Gasteiger partial charge in [0.15, 0.2) is 0 Å². The van der Waals surface area contributed by atoms with Gasteiger partial charge in [-0.05, 0) is 49.6 Å².